The first-order valence-corrected chi connectivity index (χ1v) is 9.89. The Hall–Kier alpha value is -3.75. The van der Waals surface area contributed by atoms with Gasteiger partial charge in [-0.1, -0.05) is 12.1 Å². The molecule has 31 heavy (non-hydrogen) atoms. The van der Waals surface area contributed by atoms with Gasteiger partial charge in [0.1, 0.15) is 24.1 Å². The van der Waals surface area contributed by atoms with Gasteiger partial charge < -0.3 is 20.3 Å². The van der Waals surface area contributed by atoms with E-state index in [1.165, 1.54) is 12.3 Å². The second-order valence-electron chi connectivity index (χ2n) is 7.38. The fraction of sp³-hybridized carbons (Fsp3) is 0.273. The lowest BCUT2D eigenvalue weighted by Crippen LogP contribution is -2.44. The number of benzene rings is 1. The second kappa shape index (κ2) is 8.55. The van der Waals surface area contributed by atoms with Crippen LogP contribution in [0.3, 0.4) is 0 Å². The predicted octanol–water partition coefficient (Wildman–Crippen LogP) is 3.29. The number of carbonyl (C=O) groups is 1. The van der Waals surface area contributed by atoms with Crippen LogP contribution in [0.25, 0.3) is 0 Å². The van der Waals surface area contributed by atoms with Crippen molar-refractivity contribution < 1.29 is 13.9 Å². The fourth-order valence-electron chi connectivity index (χ4n) is 3.17. The lowest BCUT2D eigenvalue weighted by Gasteiger charge is -2.32. The van der Waals surface area contributed by atoms with Gasteiger partial charge in [-0.2, -0.15) is 9.37 Å². The maximum Gasteiger partial charge on any atom is 0.246 e. The Morgan fingerprint density at radius 1 is 1.16 bits per heavy atom. The molecule has 2 N–H and O–H groups in total. The summed E-state index contributed by atoms with van der Waals surface area (Å²) in [5, 5.41) is 6.11. The lowest BCUT2D eigenvalue weighted by molar-refractivity contribution is -0.117. The Morgan fingerprint density at radius 3 is 2.61 bits per heavy atom. The molecule has 160 valence electrons. The van der Waals surface area contributed by atoms with Crippen molar-refractivity contribution in [2.24, 2.45) is 0 Å². The number of likely N-dealkylation sites (N-methyl/N-ethyl adjacent to an activating group) is 1. The Balaban J connectivity index is 1.38. The van der Waals surface area contributed by atoms with E-state index in [2.05, 4.69) is 25.6 Å². The molecule has 4 rings (SSSR count). The summed E-state index contributed by atoms with van der Waals surface area (Å²) in [6, 6.07) is 10.3. The molecule has 1 amide bonds. The van der Waals surface area contributed by atoms with Crippen molar-refractivity contribution in [3.8, 4) is 5.75 Å². The molecule has 0 aliphatic carbocycles. The maximum atomic E-state index is 12.9. The van der Waals surface area contributed by atoms with Gasteiger partial charge in [0, 0.05) is 25.4 Å². The zero-order valence-electron chi connectivity index (χ0n) is 17.5. The number of halogens is 1. The van der Waals surface area contributed by atoms with E-state index in [-0.39, 0.29) is 11.9 Å². The molecule has 8 nitrogen and oxygen atoms in total. The molecule has 0 spiro atoms. The number of aromatic nitrogens is 3. The minimum Gasteiger partial charge on any atom is -0.489 e. The van der Waals surface area contributed by atoms with Crippen molar-refractivity contribution in [2.75, 3.05) is 22.6 Å². The minimum atomic E-state index is -0.510. The molecule has 1 atom stereocenters. The van der Waals surface area contributed by atoms with E-state index in [0.717, 1.165) is 11.1 Å². The standard InChI is InChI=1S/C22H23FN6O2/c1-13-19-20(29(3)14(2)21(30)27-19)28-22(26-13)25-10-15-4-7-17(8-5-15)31-12-16-6-9-18(23)24-11-16/h4-9,11,14H,10,12H2,1-3H3,(H,27,30)(H,25,26,28)/t14-/m0/s1. The topological polar surface area (TPSA) is 92.3 Å². The first kappa shape index (κ1) is 20.5. The van der Waals surface area contributed by atoms with Crippen LogP contribution in [0.4, 0.5) is 21.8 Å². The molecule has 1 aliphatic rings. The van der Waals surface area contributed by atoms with Crippen LogP contribution in [0.1, 0.15) is 23.7 Å². The monoisotopic (exact) mass is 422 g/mol. The van der Waals surface area contributed by atoms with Crippen molar-refractivity contribution in [3.05, 3.63) is 65.4 Å². The number of nitrogens with one attached hydrogen (secondary N) is 2. The summed E-state index contributed by atoms with van der Waals surface area (Å²) in [6.45, 7) is 4.53. The summed E-state index contributed by atoms with van der Waals surface area (Å²) >= 11 is 0. The molecule has 2 aromatic heterocycles. The number of carbonyl (C=O) groups excluding carboxylic acids is 1. The van der Waals surface area contributed by atoms with Crippen LogP contribution in [0, 0.1) is 12.9 Å². The van der Waals surface area contributed by atoms with Gasteiger partial charge >= 0.3 is 0 Å². The zero-order chi connectivity index (χ0) is 22.0. The van der Waals surface area contributed by atoms with Crippen LogP contribution in [0.15, 0.2) is 42.6 Å². The predicted molar refractivity (Wildman–Crippen MR) is 116 cm³/mol. The lowest BCUT2D eigenvalue weighted by atomic mass is 10.2. The SMILES string of the molecule is Cc1nc(NCc2ccc(OCc3ccc(F)nc3)cc2)nc2c1NC(=O)[C@H](C)N2C. The van der Waals surface area contributed by atoms with Crippen molar-refractivity contribution in [1.29, 1.82) is 0 Å². The molecule has 0 radical (unpaired) electrons. The van der Waals surface area contributed by atoms with Gasteiger partial charge in [0.25, 0.3) is 0 Å². The van der Waals surface area contributed by atoms with Crippen LogP contribution >= 0.6 is 0 Å². The molecule has 0 saturated carbocycles. The quantitative estimate of drug-likeness (QED) is 0.589. The van der Waals surface area contributed by atoms with Crippen LogP contribution in [-0.2, 0) is 17.9 Å². The summed E-state index contributed by atoms with van der Waals surface area (Å²) in [5.41, 5.74) is 3.18. The largest absolute Gasteiger partial charge is 0.489 e. The van der Waals surface area contributed by atoms with Gasteiger partial charge in [-0.05, 0) is 43.7 Å². The number of ether oxygens (including phenoxy) is 1. The van der Waals surface area contributed by atoms with Gasteiger partial charge in [0.2, 0.25) is 17.8 Å². The summed E-state index contributed by atoms with van der Waals surface area (Å²) in [7, 11) is 1.85. The Labute approximate surface area is 179 Å². The minimum absolute atomic E-state index is 0.0691. The number of anilines is 3. The highest BCUT2D eigenvalue weighted by atomic mass is 19.1. The average molecular weight is 422 g/mol. The second-order valence-corrected chi connectivity index (χ2v) is 7.38. The van der Waals surface area contributed by atoms with E-state index in [9.17, 15) is 9.18 Å². The van der Waals surface area contributed by atoms with E-state index >= 15 is 0 Å². The summed E-state index contributed by atoms with van der Waals surface area (Å²) < 4.78 is 18.6. The first-order valence-electron chi connectivity index (χ1n) is 9.89. The van der Waals surface area contributed by atoms with Crippen LogP contribution in [-0.4, -0.2) is 33.9 Å². The molecule has 0 bridgehead atoms. The third-order valence-corrected chi connectivity index (χ3v) is 5.18. The van der Waals surface area contributed by atoms with Crippen LogP contribution in [0.5, 0.6) is 5.75 Å². The highest BCUT2D eigenvalue weighted by Crippen LogP contribution is 2.32. The molecule has 1 aromatic carbocycles. The van der Waals surface area contributed by atoms with Gasteiger partial charge in [-0.3, -0.25) is 4.79 Å². The van der Waals surface area contributed by atoms with E-state index in [1.807, 2.05) is 50.1 Å². The van der Waals surface area contributed by atoms with Crippen molar-refractivity contribution >= 4 is 23.4 Å². The van der Waals surface area contributed by atoms with Crippen LogP contribution in [0.2, 0.25) is 0 Å². The number of hydrogen-bond acceptors (Lipinski definition) is 7. The van der Waals surface area contributed by atoms with Crippen LogP contribution < -0.4 is 20.3 Å². The van der Waals surface area contributed by atoms with Crippen molar-refractivity contribution in [2.45, 2.75) is 33.0 Å². The average Bonchev–Trinajstić information content (AvgIpc) is 2.77. The zero-order valence-corrected chi connectivity index (χ0v) is 17.5. The molecule has 0 saturated heterocycles. The maximum absolute atomic E-state index is 12.9. The number of hydrogen-bond donors (Lipinski definition) is 2. The molecular weight excluding hydrogens is 399 g/mol. The van der Waals surface area contributed by atoms with E-state index < -0.39 is 5.95 Å². The number of rotatable bonds is 6. The Kier molecular flexibility index (Phi) is 5.66. The Morgan fingerprint density at radius 2 is 1.90 bits per heavy atom. The van der Waals surface area contributed by atoms with E-state index in [0.29, 0.717) is 42.0 Å². The summed E-state index contributed by atoms with van der Waals surface area (Å²) in [6.07, 6.45) is 1.46. The molecule has 9 heteroatoms. The molecule has 1 aliphatic heterocycles. The summed E-state index contributed by atoms with van der Waals surface area (Å²) in [5.74, 6) is 1.32. The molecular formula is C22H23FN6O2. The van der Waals surface area contributed by atoms with Crippen molar-refractivity contribution in [1.82, 2.24) is 15.0 Å². The number of amides is 1. The highest BCUT2D eigenvalue weighted by Gasteiger charge is 2.30. The normalized spacial score (nSPS) is 15.3. The smallest absolute Gasteiger partial charge is 0.246 e. The number of fused-ring (bicyclic) bond motifs is 1. The van der Waals surface area contributed by atoms with Gasteiger partial charge in [0.05, 0.1) is 5.69 Å². The third kappa shape index (κ3) is 4.55. The molecule has 0 fully saturated rings. The van der Waals surface area contributed by atoms with Gasteiger partial charge in [0.15, 0.2) is 5.82 Å². The van der Waals surface area contributed by atoms with Gasteiger partial charge in [-0.15, -0.1) is 0 Å². The van der Waals surface area contributed by atoms with E-state index in [1.54, 1.807) is 6.07 Å². The number of aryl methyl sites for hydroxylation is 1. The highest BCUT2D eigenvalue weighted by molar-refractivity contribution is 6.03. The Bertz CT molecular complexity index is 1090. The van der Waals surface area contributed by atoms with E-state index in [4.69, 9.17) is 4.74 Å². The van der Waals surface area contributed by atoms with Crippen molar-refractivity contribution in [3.63, 3.8) is 0 Å². The molecule has 0 unspecified atom stereocenters. The fourth-order valence-corrected chi connectivity index (χ4v) is 3.17. The molecule has 3 aromatic rings. The summed E-state index contributed by atoms with van der Waals surface area (Å²) in [4.78, 5) is 26.5. The third-order valence-electron chi connectivity index (χ3n) is 5.18. The number of nitrogens with zero attached hydrogens (tertiary/aromatic N) is 4. The molecule has 3 heterocycles. The first-order chi connectivity index (χ1) is 14.9. The van der Waals surface area contributed by atoms with Gasteiger partial charge in [-0.25, -0.2) is 9.97 Å². The number of pyridine rings is 1.